The summed E-state index contributed by atoms with van der Waals surface area (Å²) in [5.74, 6) is -6.28. The van der Waals surface area contributed by atoms with Crippen molar-refractivity contribution in [2.45, 2.75) is 90.7 Å². The minimum atomic E-state index is -4.83. The molecule has 0 aromatic rings. The van der Waals surface area contributed by atoms with Crippen LogP contribution in [0.3, 0.4) is 0 Å². The summed E-state index contributed by atoms with van der Waals surface area (Å²) < 4.78 is 47.2. The number of rotatable bonds is 9. The summed E-state index contributed by atoms with van der Waals surface area (Å²) in [7, 11) is 0. The van der Waals surface area contributed by atoms with E-state index in [0.29, 0.717) is 13.0 Å². The number of hydrogen-bond acceptors (Lipinski definition) is 6. The summed E-state index contributed by atoms with van der Waals surface area (Å²) >= 11 is 0. The van der Waals surface area contributed by atoms with Gasteiger partial charge in [0.1, 0.15) is 23.7 Å². The average molecular weight is 576 g/mol. The quantitative estimate of drug-likeness (QED) is 0.326. The molecule has 3 unspecified atom stereocenters. The molecule has 5 amide bonds. The number of alkyl carbamates (subject to hydrolysis) is 1. The molecule has 3 aliphatic rings. The van der Waals surface area contributed by atoms with Gasteiger partial charge in [-0.3, -0.25) is 19.2 Å². The third-order valence-corrected chi connectivity index (χ3v) is 8.30. The van der Waals surface area contributed by atoms with Crippen molar-refractivity contribution in [1.82, 2.24) is 20.9 Å². The van der Waals surface area contributed by atoms with E-state index in [4.69, 9.17) is 10.5 Å². The number of nitrogens with zero attached hydrogens (tertiary/aromatic N) is 1. The van der Waals surface area contributed by atoms with Gasteiger partial charge in [0.25, 0.3) is 0 Å². The number of fused-ring (bicyclic) bond motifs is 1. The highest BCUT2D eigenvalue weighted by molar-refractivity contribution is 5.95. The van der Waals surface area contributed by atoms with Gasteiger partial charge < -0.3 is 31.3 Å². The van der Waals surface area contributed by atoms with Crippen LogP contribution in [-0.2, 0) is 23.9 Å². The lowest BCUT2D eigenvalue weighted by Crippen LogP contribution is -2.61. The number of piperidine rings is 1. The van der Waals surface area contributed by atoms with Crippen LogP contribution in [0, 0.1) is 29.1 Å². The van der Waals surface area contributed by atoms with Gasteiger partial charge >= 0.3 is 12.3 Å². The molecule has 40 heavy (non-hydrogen) atoms. The van der Waals surface area contributed by atoms with Gasteiger partial charge in [-0.15, -0.1) is 0 Å². The van der Waals surface area contributed by atoms with E-state index in [0.717, 1.165) is 4.90 Å². The Kier molecular flexibility index (Phi) is 8.71. The van der Waals surface area contributed by atoms with Crippen molar-refractivity contribution in [2.24, 2.45) is 34.8 Å². The van der Waals surface area contributed by atoms with Gasteiger partial charge in [-0.25, -0.2) is 4.79 Å². The summed E-state index contributed by atoms with van der Waals surface area (Å²) in [6, 6.07) is -4.45. The molecule has 14 heteroatoms. The van der Waals surface area contributed by atoms with E-state index in [-0.39, 0.29) is 36.1 Å². The number of amides is 5. The molecule has 5 N–H and O–H groups in total. The fraction of sp³-hybridized carbons (Fsp3) is 0.808. The summed E-state index contributed by atoms with van der Waals surface area (Å²) in [5.41, 5.74) is 4.10. The van der Waals surface area contributed by atoms with Crippen LogP contribution in [-0.4, -0.2) is 77.6 Å². The van der Waals surface area contributed by atoms with Crippen LogP contribution in [0.5, 0.6) is 0 Å². The molecule has 2 saturated heterocycles. The molecular weight excluding hydrogens is 535 g/mol. The predicted molar refractivity (Wildman–Crippen MR) is 136 cm³/mol. The van der Waals surface area contributed by atoms with Crippen molar-refractivity contribution in [1.29, 1.82) is 0 Å². The Hall–Kier alpha value is -3.06. The van der Waals surface area contributed by atoms with Crippen LogP contribution < -0.4 is 21.7 Å². The first-order chi connectivity index (χ1) is 18.3. The third-order valence-electron chi connectivity index (χ3n) is 8.30. The van der Waals surface area contributed by atoms with Crippen molar-refractivity contribution >= 4 is 29.7 Å². The van der Waals surface area contributed by atoms with Gasteiger partial charge in [0, 0.05) is 19.0 Å². The zero-order valence-corrected chi connectivity index (χ0v) is 23.7. The smallest absolute Gasteiger partial charge is 0.408 e. The van der Waals surface area contributed by atoms with Crippen molar-refractivity contribution < 1.29 is 41.9 Å². The first kappa shape index (κ1) is 31.5. The molecule has 11 nitrogen and oxygen atoms in total. The first-order valence-corrected chi connectivity index (χ1v) is 13.5. The third kappa shape index (κ3) is 6.63. The lowest BCUT2D eigenvalue weighted by molar-refractivity contribution is -0.188. The van der Waals surface area contributed by atoms with E-state index in [1.807, 2.05) is 13.8 Å². The first-order valence-electron chi connectivity index (χ1n) is 13.5. The molecule has 0 bridgehead atoms. The monoisotopic (exact) mass is 575 g/mol. The van der Waals surface area contributed by atoms with Gasteiger partial charge in [0.2, 0.25) is 23.6 Å². The fourth-order valence-corrected chi connectivity index (χ4v) is 6.07. The molecule has 0 aromatic heterocycles. The lowest BCUT2D eigenvalue weighted by atomic mass is 9.93. The van der Waals surface area contributed by atoms with E-state index in [2.05, 4.69) is 16.0 Å². The molecule has 7 atom stereocenters. The number of ether oxygens (including phenoxy) is 1. The number of hydrogen-bond donors (Lipinski definition) is 4. The van der Waals surface area contributed by atoms with Gasteiger partial charge in [-0.1, -0.05) is 20.8 Å². The van der Waals surface area contributed by atoms with Gasteiger partial charge in [-0.2, -0.15) is 13.2 Å². The molecule has 2 aliphatic heterocycles. The predicted octanol–water partition coefficient (Wildman–Crippen LogP) is 1.45. The maximum atomic E-state index is 14.0. The van der Waals surface area contributed by atoms with Crippen LogP contribution in [0.4, 0.5) is 18.0 Å². The zero-order chi connectivity index (χ0) is 30.4. The molecule has 0 aromatic carbocycles. The zero-order valence-electron chi connectivity index (χ0n) is 23.7. The van der Waals surface area contributed by atoms with Crippen LogP contribution in [0.15, 0.2) is 0 Å². The minimum absolute atomic E-state index is 0.00163. The van der Waals surface area contributed by atoms with Crippen molar-refractivity contribution in [3.63, 3.8) is 0 Å². The Morgan fingerprint density at radius 1 is 1.18 bits per heavy atom. The summed E-state index contributed by atoms with van der Waals surface area (Å²) in [5, 5.41) is 7.30. The van der Waals surface area contributed by atoms with Gasteiger partial charge in [0.15, 0.2) is 0 Å². The Labute approximate surface area is 231 Å². The highest BCUT2D eigenvalue weighted by atomic mass is 19.4. The highest BCUT2D eigenvalue weighted by Crippen LogP contribution is 2.65. The van der Waals surface area contributed by atoms with E-state index in [1.165, 1.54) is 27.7 Å². The van der Waals surface area contributed by atoms with E-state index in [1.54, 1.807) is 0 Å². The number of primary amides is 1. The second-order valence-corrected chi connectivity index (χ2v) is 12.5. The largest absolute Gasteiger partial charge is 0.444 e. The Balaban J connectivity index is 1.88. The topological polar surface area (TPSA) is 160 Å². The van der Waals surface area contributed by atoms with Crippen LogP contribution >= 0.6 is 0 Å². The van der Waals surface area contributed by atoms with E-state index >= 15 is 0 Å². The van der Waals surface area contributed by atoms with Crippen molar-refractivity contribution in [3.05, 3.63) is 0 Å². The van der Waals surface area contributed by atoms with Crippen LogP contribution in [0.2, 0.25) is 0 Å². The molecule has 0 spiro atoms. The van der Waals surface area contributed by atoms with Crippen LogP contribution in [0.25, 0.3) is 0 Å². The summed E-state index contributed by atoms with van der Waals surface area (Å²) in [6.07, 6.45) is -6.12. The summed E-state index contributed by atoms with van der Waals surface area (Å²) in [6.45, 7) is 10.1. The standard InChI is InChI=1S/C26H40F3N5O6/c1-7-13(26(27,28)29)17(33-23(39)40-24(2,3)4)22(38)34-11-14-16(25(14,5)6)18(34)21(37)32-15(19(30)35)10-12-8-9-31-20(12)36/h12-18H,7-11H2,1-6H3,(H2,30,35)(H,31,36)(H,32,37)(H,33,39)/t12-,13?,14-,15-,16-,17?,18?/m0/s1. The van der Waals surface area contributed by atoms with E-state index < -0.39 is 72.0 Å². The maximum Gasteiger partial charge on any atom is 0.408 e. The lowest BCUT2D eigenvalue weighted by Gasteiger charge is -2.36. The Bertz CT molecular complexity index is 1040. The number of alkyl halides is 3. The second-order valence-electron chi connectivity index (χ2n) is 12.5. The van der Waals surface area contributed by atoms with Gasteiger partial charge in [0.05, 0.1) is 5.92 Å². The van der Waals surface area contributed by atoms with Crippen LogP contribution in [0.1, 0.15) is 60.8 Å². The molecule has 1 saturated carbocycles. The molecule has 2 heterocycles. The SMILES string of the molecule is CCC(C(NC(=O)OC(C)(C)C)C(=O)N1C[C@H]2[C@@H](C1C(=O)N[C@@H](C[C@@H]1CCNC1=O)C(N)=O)C2(C)C)C(F)(F)F. The summed E-state index contributed by atoms with van der Waals surface area (Å²) in [4.78, 5) is 65.1. The Morgan fingerprint density at radius 3 is 2.27 bits per heavy atom. The number of nitrogens with one attached hydrogen (secondary N) is 3. The molecular formula is C26H40F3N5O6. The van der Waals surface area contributed by atoms with E-state index in [9.17, 15) is 37.1 Å². The number of halogens is 3. The fourth-order valence-electron chi connectivity index (χ4n) is 6.07. The average Bonchev–Trinajstić information content (AvgIpc) is 3.15. The number of carbonyl (C=O) groups is 5. The molecule has 3 fully saturated rings. The molecule has 226 valence electrons. The normalized spacial score (nSPS) is 27.6. The molecule has 0 radical (unpaired) electrons. The second kappa shape index (κ2) is 11.1. The highest BCUT2D eigenvalue weighted by Gasteiger charge is 2.70. The molecule has 3 rings (SSSR count). The Morgan fingerprint density at radius 2 is 1.80 bits per heavy atom. The van der Waals surface area contributed by atoms with Gasteiger partial charge in [-0.05, 0) is 57.3 Å². The number of nitrogens with two attached hydrogens (primary N) is 1. The van der Waals surface area contributed by atoms with Crippen molar-refractivity contribution in [2.75, 3.05) is 13.1 Å². The minimum Gasteiger partial charge on any atom is -0.444 e. The van der Waals surface area contributed by atoms with Crippen molar-refractivity contribution in [3.8, 4) is 0 Å². The number of carbonyl (C=O) groups excluding carboxylic acids is 5. The number of likely N-dealkylation sites (tertiary alicyclic amines) is 1. The molecule has 1 aliphatic carbocycles. The maximum absolute atomic E-state index is 14.0.